The Bertz CT molecular complexity index is 506. The zero-order chi connectivity index (χ0) is 16.0. The van der Waals surface area contributed by atoms with Crippen LogP contribution in [0.5, 0.6) is 5.75 Å². The highest BCUT2D eigenvalue weighted by atomic mass is 32.1. The van der Waals surface area contributed by atoms with Crippen LogP contribution in [0.2, 0.25) is 0 Å². The summed E-state index contributed by atoms with van der Waals surface area (Å²) in [5.74, 6) is 0.612. The van der Waals surface area contributed by atoms with Gasteiger partial charge in [-0.05, 0) is 50.5 Å². The van der Waals surface area contributed by atoms with Gasteiger partial charge in [0.25, 0.3) is 5.91 Å². The summed E-state index contributed by atoms with van der Waals surface area (Å²) >= 11 is 4.98. The van der Waals surface area contributed by atoms with E-state index in [0.717, 1.165) is 29.5 Å². The molecular formula is C16H24N2O2S. The Labute approximate surface area is 132 Å². The maximum atomic E-state index is 11.8. The number of thiocarbonyl (C=S) groups is 1. The van der Waals surface area contributed by atoms with Gasteiger partial charge >= 0.3 is 0 Å². The van der Waals surface area contributed by atoms with Crippen molar-refractivity contribution in [3.8, 4) is 5.75 Å². The molecule has 1 aromatic rings. The van der Waals surface area contributed by atoms with Crippen LogP contribution < -0.4 is 15.8 Å². The Hall–Kier alpha value is -1.62. The third-order valence-corrected chi connectivity index (χ3v) is 3.46. The normalized spacial score (nSPS) is 11.8. The molecule has 0 fully saturated rings. The fourth-order valence-electron chi connectivity index (χ4n) is 2.28. The number of amides is 1. The van der Waals surface area contributed by atoms with Crippen LogP contribution in [0.15, 0.2) is 12.1 Å². The van der Waals surface area contributed by atoms with Crippen molar-refractivity contribution in [2.24, 2.45) is 5.73 Å². The number of nitrogens with two attached hydrogens (primary N) is 1. The molecule has 0 heterocycles. The minimum Gasteiger partial charge on any atom is -0.483 e. The molecule has 21 heavy (non-hydrogen) atoms. The van der Waals surface area contributed by atoms with Gasteiger partial charge < -0.3 is 15.8 Å². The summed E-state index contributed by atoms with van der Waals surface area (Å²) in [5, 5.41) is 2.91. The van der Waals surface area contributed by atoms with Gasteiger partial charge in [0.05, 0.1) is 0 Å². The van der Waals surface area contributed by atoms with Crippen LogP contribution >= 0.6 is 12.2 Å². The minimum absolute atomic E-state index is 0.0160. The first-order valence-electron chi connectivity index (χ1n) is 7.18. The van der Waals surface area contributed by atoms with E-state index >= 15 is 0 Å². The molecule has 0 aromatic heterocycles. The van der Waals surface area contributed by atoms with Crippen LogP contribution in [0, 0.1) is 13.8 Å². The SMILES string of the molecule is CCCC(C)NC(=O)COc1c(C)cc(C(N)=S)cc1C. The van der Waals surface area contributed by atoms with E-state index in [1.165, 1.54) is 0 Å². The molecule has 0 radical (unpaired) electrons. The number of carbonyl (C=O) groups excluding carboxylic acids is 1. The van der Waals surface area contributed by atoms with Crippen LogP contribution in [0.3, 0.4) is 0 Å². The van der Waals surface area contributed by atoms with Crippen molar-refractivity contribution in [3.05, 3.63) is 28.8 Å². The summed E-state index contributed by atoms with van der Waals surface area (Å²) < 4.78 is 5.65. The van der Waals surface area contributed by atoms with E-state index < -0.39 is 0 Å². The summed E-state index contributed by atoms with van der Waals surface area (Å²) in [6.07, 6.45) is 2.01. The van der Waals surface area contributed by atoms with Crippen LogP contribution in [-0.4, -0.2) is 23.5 Å². The maximum Gasteiger partial charge on any atom is 0.258 e. The lowest BCUT2D eigenvalue weighted by molar-refractivity contribution is -0.123. The molecule has 1 aromatic carbocycles. The summed E-state index contributed by atoms with van der Waals surface area (Å²) in [7, 11) is 0. The number of benzene rings is 1. The van der Waals surface area contributed by atoms with Gasteiger partial charge in [-0.15, -0.1) is 0 Å². The number of ether oxygens (including phenoxy) is 1. The van der Waals surface area contributed by atoms with Crippen LogP contribution in [-0.2, 0) is 4.79 Å². The highest BCUT2D eigenvalue weighted by Crippen LogP contribution is 2.24. The van der Waals surface area contributed by atoms with E-state index in [4.69, 9.17) is 22.7 Å². The minimum atomic E-state index is -0.104. The van der Waals surface area contributed by atoms with Crippen molar-refractivity contribution in [1.29, 1.82) is 0 Å². The zero-order valence-electron chi connectivity index (χ0n) is 13.2. The predicted octanol–water partition coefficient (Wildman–Crippen LogP) is 2.62. The highest BCUT2D eigenvalue weighted by molar-refractivity contribution is 7.80. The average Bonchev–Trinajstić information content (AvgIpc) is 2.37. The number of hydrogen-bond donors (Lipinski definition) is 2. The Morgan fingerprint density at radius 3 is 2.43 bits per heavy atom. The lowest BCUT2D eigenvalue weighted by Gasteiger charge is -2.16. The molecule has 0 aliphatic heterocycles. The Morgan fingerprint density at radius 2 is 1.95 bits per heavy atom. The lowest BCUT2D eigenvalue weighted by Crippen LogP contribution is -2.36. The van der Waals surface area contributed by atoms with Gasteiger partial charge in [0.2, 0.25) is 0 Å². The molecule has 0 saturated heterocycles. The van der Waals surface area contributed by atoms with Gasteiger partial charge in [0.1, 0.15) is 10.7 Å². The molecule has 4 nitrogen and oxygen atoms in total. The molecule has 1 atom stereocenters. The average molecular weight is 308 g/mol. The summed E-state index contributed by atoms with van der Waals surface area (Å²) in [6, 6.07) is 3.93. The zero-order valence-corrected chi connectivity index (χ0v) is 14.0. The first-order valence-corrected chi connectivity index (χ1v) is 7.59. The quantitative estimate of drug-likeness (QED) is 0.760. The molecule has 1 unspecified atom stereocenters. The van der Waals surface area contributed by atoms with Gasteiger partial charge in [-0.3, -0.25) is 4.79 Å². The molecule has 0 spiro atoms. The second-order valence-electron chi connectivity index (χ2n) is 5.35. The standard InChI is InChI=1S/C16H24N2O2S/c1-5-6-12(4)18-14(19)9-20-15-10(2)7-13(16(17)21)8-11(15)3/h7-8,12H,5-6,9H2,1-4H3,(H2,17,21)(H,18,19). The van der Waals surface area contributed by atoms with Gasteiger partial charge in [-0.25, -0.2) is 0 Å². The number of rotatable bonds is 7. The summed E-state index contributed by atoms with van der Waals surface area (Å²) in [5.41, 5.74) is 8.29. The van der Waals surface area contributed by atoms with Gasteiger partial charge in [0, 0.05) is 11.6 Å². The molecule has 5 heteroatoms. The Balaban J connectivity index is 2.67. The second kappa shape index (κ2) is 7.98. The summed E-state index contributed by atoms with van der Waals surface area (Å²) in [6.45, 7) is 7.94. The Kier molecular flexibility index (Phi) is 6.62. The van der Waals surface area contributed by atoms with E-state index in [1.807, 2.05) is 32.9 Å². The lowest BCUT2D eigenvalue weighted by atomic mass is 10.1. The molecule has 0 aliphatic rings. The number of carbonyl (C=O) groups is 1. The number of nitrogens with one attached hydrogen (secondary N) is 1. The van der Waals surface area contributed by atoms with Crippen molar-refractivity contribution < 1.29 is 9.53 Å². The molecular weight excluding hydrogens is 284 g/mol. The number of aryl methyl sites for hydroxylation is 2. The molecule has 116 valence electrons. The number of hydrogen-bond acceptors (Lipinski definition) is 3. The molecule has 0 aliphatic carbocycles. The van der Waals surface area contributed by atoms with E-state index in [9.17, 15) is 4.79 Å². The first-order chi connectivity index (χ1) is 9.85. The van der Waals surface area contributed by atoms with Crippen LogP contribution in [0.25, 0.3) is 0 Å². The monoisotopic (exact) mass is 308 g/mol. The van der Waals surface area contributed by atoms with Crippen molar-refractivity contribution >= 4 is 23.1 Å². The van der Waals surface area contributed by atoms with Crippen molar-refractivity contribution in [2.75, 3.05) is 6.61 Å². The van der Waals surface area contributed by atoms with E-state index in [-0.39, 0.29) is 18.6 Å². The van der Waals surface area contributed by atoms with Crippen LogP contribution in [0.1, 0.15) is 43.4 Å². The molecule has 1 amide bonds. The highest BCUT2D eigenvalue weighted by Gasteiger charge is 2.11. The van der Waals surface area contributed by atoms with Gasteiger partial charge in [-0.1, -0.05) is 25.6 Å². The summed E-state index contributed by atoms with van der Waals surface area (Å²) in [4.78, 5) is 12.2. The smallest absolute Gasteiger partial charge is 0.258 e. The van der Waals surface area contributed by atoms with Crippen molar-refractivity contribution in [1.82, 2.24) is 5.32 Å². The first kappa shape index (κ1) is 17.4. The fourth-order valence-corrected chi connectivity index (χ4v) is 2.40. The second-order valence-corrected chi connectivity index (χ2v) is 5.79. The van der Waals surface area contributed by atoms with Gasteiger partial charge in [0.15, 0.2) is 6.61 Å². The molecule has 0 bridgehead atoms. The van der Waals surface area contributed by atoms with Crippen LogP contribution in [0.4, 0.5) is 0 Å². The largest absolute Gasteiger partial charge is 0.483 e. The third-order valence-electron chi connectivity index (χ3n) is 3.22. The predicted molar refractivity (Wildman–Crippen MR) is 89.8 cm³/mol. The van der Waals surface area contributed by atoms with E-state index in [1.54, 1.807) is 0 Å². The van der Waals surface area contributed by atoms with E-state index in [0.29, 0.717) is 10.7 Å². The topological polar surface area (TPSA) is 64.3 Å². The fraction of sp³-hybridized carbons (Fsp3) is 0.500. The third kappa shape index (κ3) is 5.34. The van der Waals surface area contributed by atoms with Crippen molar-refractivity contribution in [3.63, 3.8) is 0 Å². The molecule has 0 saturated carbocycles. The molecule has 3 N–H and O–H groups in total. The Morgan fingerprint density at radius 1 is 1.38 bits per heavy atom. The van der Waals surface area contributed by atoms with Gasteiger partial charge in [-0.2, -0.15) is 0 Å². The maximum absolute atomic E-state index is 11.8. The molecule has 1 rings (SSSR count). The van der Waals surface area contributed by atoms with Crippen molar-refractivity contribution in [2.45, 2.75) is 46.6 Å². The van der Waals surface area contributed by atoms with E-state index in [2.05, 4.69) is 12.2 Å².